The zero-order chi connectivity index (χ0) is 13.7. The molecule has 0 aromatic heterocycles. The molecule has 6 nitrogen and oxygen atoms in total. The van der Waals surface area contributed by atoms with Crippen LogP contribution < -0.4 is 15.4 Å². The maximum Gasteiger partial charge on any atom is 0.319 e. The highest BCUT2D eigenvalue weighted by Crippen LogP contribution is 2.28. The number of nitrogens with one attached hydrogen (secondary N) is 2. The predicted molar refractivity (Wildman–Crippen MR) is 69.2 cm³/mol. The Morgan fingerprint density at radius 1 is 1.53 bits per heavy atom. The van der Waals surface area contributed by atoms with Gasteiger partial charge in [0.05, 0.1) is 18.8 Å². The summed E-state index contributed by atoms with van der Waals surface area (Å²) >= 11 is 0. The number of rotatable bonds is 5. The van der Waals surface area contributed by atoms with Crippen LogP contribution in [0.2, 0.25) is 0 Å². The molecule has 0 spiro atoms. The van der Waals surface area contributed by atoms with Crippen molar-refractivity contribution < 1.29 is 19.1 Å². The van der Waals surface area contributed by atoms with Crippen LogP contribution in [0.15, 0.2) is 18.2 Å². The number of carbonyl (C=O) groups excluding carboxylic acids is 2. The number of fused-ring (bicyclic) bond motifs is 1. The van der Waals surface area contributed by atoms with Crippen LogP contribution in [0.25, 0.3) is 0 Å². The Hall–Kier alpha value is -2.08. The lowest BCUT2D eigenvalue weighted by molar-refractivity contribution is -0.142. The molecule has 1 heterocycles. The fourth-order valence-corrected chi connectivity index (χ4v) is 1.76. The topological polar surface area (TPSA) is 76.7 Å². The summed E-state index contributed by atoms with van der Waals surface area (Å²) in [5.74, 6) is 0.220. The lowest BCUT2D eigenvalue weighted by Crippen LogP contribution is -2.25. The number of anilines is 1. The van der Waals surface area contributed by atoms with Gasteiger partial charge in [0.2, 0.25) is 0 Å². The van der Waals surface area contributed by atoms with Gasteiger partial charge in [-0.05, 0) is 24.7 Å². The molecule has 0 atom stereocenters. The molecule has 1 aromatic carbocycles. The van der Waals surface area contributed by atoms with Gasteiger partial charge in [0.15, 0.2) is 6.61 Å². The Morgan fingerprint density at radius 3 is 3.16 bits per heavy atom. The van der Waals surface area contributed by atoms with E-state index in [4.69, 9.17) is 9.47 Å². The average molecular weight is 264 g/mol. The predicted octanol–water partition coefficient (Wildman–Crippen LogP) is 0.323. The first-order chi connectivity index (χ1) is 9.19. The van der Waals surface area contributed by atoms with E-state index in [9.17, 15) is 9.59 Å². The number of likely N-dealkylation sites (N-methyl/N-ethyl adjacent to an activating group) is 1. The highest BCUT2D eigenvalue weighted by molar-refractivity contribution is 5.95. The minimum absolute atomic E-state index is 0.0496. The molecule has 0 bridgehead atoms. The summed E-state index contributed by atoms with van der Waals surface area (Å²) in [6, 6.07) is 5.53. The molecule has 1 aromatic rings. The van der Waals surface area contributed by atoms with Crippen molar-refractivity contribution in [1.29, 1.82) is 0 Å². The lowest BCUT2D eigenvalue weighted by Gasteiger charge is -2.18. The number of hydrogen-bond donors (Lipinski definition) is 2. The minimum Gasteiger partial charge on any atom is -0.482 e. The first kappa shape index (κ1) is 13.4. The smallest absolute Gasteiger partial charge is 0.319 e. The third-order valence-electron chi connectivity index (χ3n) is 2.65. The normalized spacial score (nSPS) is 13.2. The van der Waals surface area contributed by atoms with Crippen molar-refractivity contribution in [3.63, 3.8) is 0 Å². The van der Waals surface area contributed by atoms with E-state index < -0.39 is 0 Å². The minimum atomic E-state index is -0.280. The highest BCUT2D eigenvalue weighted by Gasteiger charge is 2.15. The summed E-state index contributed by atoms with van der Waals surface area (Å²) in [5, 5.41) is 5.46. The summed E-state index contributed by atoms with van der Waals surface area (Å²) < 4.78 is 10.3. The van der Waals surface area contributed by atoms with Gasteiger partial charge in [-0.25, -0.2) is 0 Å². The van der Waals surface area contributed by atoms with Crippen LogP contribution in [0.1, 0.15) is 5.56 Å². The van der Waals surface area contributed by atoms with Crippen LogP contribution >= 0.6 is 0 Å². The third kappa shape index (κ3) is 3.69. The number of carbonyl (C=O) groups is 2. The molecule has 1 amide bonds. The zero-order valence-electron chi connectivity index (χ0n) is 10.7. The van der Waals surface area contributed by atoms with Gasteiger partial charge in [-0.2, -0.15) is 0 Å². The molecule has 2 rings (SSSR count). The van der Waals surface area contributed by atoms with E-state index in [0.29, 0.717) is 24.5 Å². The standard InChI is InChI=1S/C13H16N2O4/c1-14-7-13(17)18-5-4-9-2-3-11-10(6-9)15-12(16)8-19-11/h2-3,6,14H,4-5,7-8H2,1H3,(H,15,16). The monoisotopic (exact) mass is 264 g/mol. The maximum absolute atomic E-state index is 11.2. The van der Waals surface area contributed by atoms with Gasteiger partial charge in [-0.1, -0.05) is 6.07 Å². The van der Waals surface area contributed by atoms with Gasteiger partial charge in [-0.3, -0.25) is 9.59 Å². The summed E-state index contributed by atoms with van der Waals surface area (Å²) in [6.45, 7) is 0.566. The van der Waals surface area contributed by atoms with Crippen LogP contribution in [0.4, 0.5) is 5.69 Å². The van der Waals surface area contributed by atoms with Gasteiger partial charge in [-0.15, -0.1) is 0 Å². The number of esters is 1. The van der Waals surface area contributed by atoms with Crippen molar-refractivity contribution in [2.45, 2.75) is 6.42 Å². The fraction of sp³-hybridized carbons (Fsp3) is 0.385. The average Bonchev–Trinajstić information content (AvgIpc) is 2.38. The van der Waals surface area contributed by atoms with Crippen LogP contribution in [-0.4, -0.2) is 38.7 Å². The van der Waals surface area contributed by atoms with Gasteiger partial charge in [0.1, 0.15) is 5.75 Å². The molecular weight excluding hydrogens is 248 g/mol. The Bertz CT molecular complexity index is 488. The second-order valence-corrected chi connectivity index (χ2v) is 4.17. The molecule has 0 aliphatic carbocycles. The van der Waals surface area contributed by atoms with Crippen LogP contribution in [0, 0.1) is 0 Å². The van der Waals surface area contributed by atoms with Crippen molar-refractivity contribution in [3.8, 4) is 5.75 Å². The van der Waals surface area contributed by atoms with Gasteiger partial charge in [0, 0.05) is 6.42 Å². The summed E-state index contributed by atoms with van der Waals surface area (Å²) in [6.07, 6.45) is 0.596. The molecule has 1 aliphatic heterocycles. The van der Waals surface area contributed by atoms with Crippen molar-refractivity contribution in [1.82, 2.24) is 5.32 Å². The summed E-state index contributed by atoms with van der Waals surface area (Å²) in [7, 11) is 1.69. The first-order valence-electron chi connectivity index (χ1n) is 6.05. The second kappa shape index (κ2) is 6.19. The van der Waals surface area contributed by atoms with Crippen LogP contribution in [-0.2, 0) is 20.7 Å². The molecule has 0 fully saturated rings. The first-order valence-corrected chi connectivity index (χ1v) is 6.05. The summed E-state index contributed by atoms with van der Waals surface area (Å²) in [5.41, 5.74) is 1.64. The van der Waals surface area contributed by atoms with Gasteiger partial charge in [0.25, 0.3) is 5.91 Å². The molecule has 0 saturated carbocycles. The van der Waals surface area contributed by atoms with E-state index in [-0.39, 0.29) is 25.0 Å². The van der Waals surface area contributed by atoms with Crippen molar-refractivity contribution in [2.24, 2.45) is 0 Å². The molecule has 19 heavy (non-hydrogen) atoms. The molecule has 1 aliphatic rings. The molecule has 102 valence electrons. The molecule has 0 unspecified atom stereocenters. The third-order valence-corrected chi connectivity index (χ3v) is 2.65. The van der Waals surface area contributed by atoms with Crippen molar-refractivity contribution >= 4 is 17.6 Å². The van der Waals surface area contributed by atoms with Crippen LogP contribution in [0.3, 0.4) is 0 Å². The molecule has 6 heteroatoms. The Kier molecular flexibility index (Phi) is 4.35. The maximum atomic E-state index is 11.2. The van der Waals surface area contributed by atoms with E-state index in [2.05, 4.69) is 10.6 Å². The van der Waals surface area contributed by atoms with Gasteiger partial charge < -0.3 is 20.1 Å². The summed E-state index contributed by atoms with van der Waals surface area (Å²) in [4.78, 5) is 22.3. The second-order valence-electron chi connectivity index (χ2n) is 4.17. The highest BCUT2D eigenvalue weighted by atomic mass is 16.5. The molecular formula is C13H16N2O4. The molecule has 0 saturated heterocycles. The number of benzene rings is 1. The van der Waals surface area contributed by atoms with Crippen molar-refractivity contribution in [3.05, 3.63) is 23.8 Å². The fourth-order valence-electron chi connectivity index (χ4n) is 1.76. The Labute approximate surface area is 111 Å². The quantitative estimate of drug-likeness (QED) is 0.749. The SMILES string of the molecule is CNCC(=O)OCCc1ccc2c(c1)NC(=O)CO2. The van der Waals surface area contributed by atoms with E-state index in [1.807, 2.05) is 12.1 Å². The molecule has 2 N–H and O–H groups in total. The largest absolute Gasteiger partial charge is 0.482 e. The van der Waals surface area contributed by atoms with Crippen molar-refractivity contribution in [2.75, 3.05) is 32.1 Å². The van der Waals surface area contributed by atoms with E-state index in [0.717, 1.165) is 5.56 Å². The van der Waals surface area contributed by atoms with E-state index in [1.54, 1.807) is 13.1 Å². The van der Waals surface area contributed by atoms with Gasteiger partial charge >= 0.3 is 5.97 Å². The lowest BCUT2D eigenvalue weighted by atomic mass is 10.1. The number of amides is 1. The number of hydrogen-bond acceptors (Lipinski definition) is 5. The number of ether oxygens (including phenoxy) is 2. The Balaban J connectivity index is 1.89. The van der Waals surface area contributed by atoms with E-state index in [1.165, 1.54) is 0 Å². The Morgan fingerprint density at radius 2 is 2.37 bits per heavy atom. The van der Waals surface area contributed by atoms with Crippen LogP contribution in [0.5, 0.6) is 5.75 Å². The molecule has 0 radical (unpaired) electrons. The zero-order valence-corrected chi connectivity index (χ0v) is 10.7. The van der Waals surface area contributed by atoms with E-state index >= 15 is 0 Å².